The van der Waals surface area contributed by atoms with Crippen LogP contribution in [0.2, 0.25) is 0 Å². The molecule has 1 aromatic heterocycles. The van der Waals surface area contributed by atoms with Gasteiger partial charge in [0, 0.05) is 0 Å². The first-order valence-electron chi connectivity index (χ1n) is 3.23. The first-order valence-corrected chi connectivity index (χ1v) is 4.94. The van der Waals surface area contributed by atoms with E-state index in [4.69, 9.17) is 9.77 Å². The molecule has 1 N–H and O–H groups in total. The first-order chi connectivity index (χ1) is 6.29. The molecule has 1 heterocycles. The molecule has 0 fully saturated rings. The quantitative estimate of drug-likeness (QED) is 0.542. The van der Waals surface area contributed by atoms with Crippen molar-refractivity contribution in [3.05, 3.63) is 24.3 Å². The van der Waals surface area contributed by atoms with Crippen LogP contribution in [-0.2, 0) is 4.57 Å². The van der Waals surface area contributed by atoms with Crippen LogP contribution in [0.4, 0.5) is 0 Å². The zero-order chi connectivity index (χ0) is 9.68. The molecule has 1 aromatic carbocycles. The molecule has 7 heteroatoms. The molecule has 0 atom stereocenters. The van der Waals surface area contributed by atoms with Crippen LogP contribution in [0.3, 0.4) is 0 Å². The Morgan fingerprint density at radius 2 is 2.08 bits per heavy atom. The molecule has 0 spiro atoms. The van der Waals surface area contributed by atoms with Gasteiger partial charge in [0.1, 0.15) is 11.0 Å². The SMILES string of the molecule is O=PCl.On1nnc2ccccc21. The third-order valence-electron chi connectivity index (χ3n) is 1.33. The molecule has 68 valence electrons. The summed E-state index contributed by atoms with van der Waals surface area (Å²) in [6, 6.07) is 7.19. The monoisotopic (exact) mass is 217 g/mol. The molecule has 0 aliphatic carbocycles. The third kappa shape index (κ3) is 2.37. The Labute approximate surface area is 79.9 Å². The smallest absolute Gasteiger partial charge is 0.267 e. The average Bonchev–Trinajstić information content (AvgIpc) is 2.50. The second kappa shape index (κ2) is 4.74. The van der Waals surface area contributed by atoms with Crippen molar-refractivity contribution in [1.82, 2.24) is 15.2 Å². The highest BCUT2D eigenvalue weighted by Gasteiger charge is 1.98. The van der Waals surface area contributed by atoms with E-state index in [1.54, 1.807) is 12.1 Å². The van der Waals surface area contributed by atoms with Gasteiger partial charge in [-0.15, -0.1) is 5.10 Å². The zero-order valence-electron chi connectivity index (χ0n) is 6.33. The standard InChI is InChI=1S/C6H5N3O.ClOP/c10-9-6-4-2-1-3-5(6)7-8-9;1-3-2/h1-4,10H;. The second-order valence-corrected chi connectivity index (χ2v) is 2.59. The van der Waals surface area contributed by atoms with Gasteiger partial charge >= 0.3 is 0 Å². The summed E-state index contributed by atoms with van der Waals surface area (Å²) in [4.78, 5) is 0.759. The third-order valence-corrected chi connectivity index (χ3v) is 1.33. The number of fused-ring (bicyclic) bond motifs is 1. The van der Waals surface area contributed by atoms with Gasteiger partial charge in [-0.05, 0) is 28.6 Å². The summed E-state index contributed by atoms with van der Waals surface area (Å²) >= 11 is 4.42. The van der Waals surface area contributed by atoms with Crippen molar-refractivity contribution >= 4 is 30.1 Å². The van der Waals surface area contributed by atoms with Crippen LogP contribution < -0.4 is 0 Å². The number of para-hydroxylation sites is 1. The fraction of sp³-hybridized carbons (Fsp3) is 0. The van der Waals surface area contributed by atoms with Gasteiger partial charge in [-0.25, -0.2) is 0 Å². The fourth-order valence-corrected chi connectivity index (χ4v) is 0.857. The van der Waals surface area contributed by atoms with Crippen molar-refractivity contribution in [3.63, 3.8) is 0 Å². The lowest BCUT2D eigenvalue weighted by atomic mass is 10.3. The minimum atomic E-state index is -0.361. The second-order valence-electron chi connectivity index (χ2n) is 2.04. The van der Waals surface area contributed by atoms with Gasteiger partial charge in [-0.2, -0.15) is 0 Å². The Morgan fingerprint density at radius 3 is 2.69 bits per heavy atom. The molecule has 2 aromatic rings. The van der Waals surface area contributed by atoms with Crippen molar-refractivity contribution in [2.45, 2.75) is 0 Å². The van der Waals surface area contributed by atoms with E-state index in [0.717, 1.165) is 4.85 Å². The van der Waals surface area contributed by atoms with Crippen LogP contribution >= 0.6 is 19.1 Å². The summed E-state index contributed by atoms with van der Waals surface area (Å²) in [6.07, 6.45) is 0. The fourth-order valence-electron chi connectivity index (χ4n) is 0.857. The molecule has 0 amide bonds. The predicted octanol–water partition coefficient (Wildman–Crippen LogP) is 2.10. The number of hydrogen-bond donors (Lipinski definition) is 1. The number of halogens is 1. The molecule has 0 saturated carbocycles. The number of benzene rings is 1. The van der Waals surface area contributed by atoms with Crippen LogP contribution in [0, 0.1) is 0 Å². The summed E-state index contributed by atoms with van der Waals surface area (Å²) in [7, 11) is -0.361. The highest BCUT2D eigenvalue weighted by Crippen LogP contribution is 2.06. The number of rotatable bonds is 0. The summed E-state index contributed by atoms with van der Waals surface area (Å²) in [5, 5.41) is 16.1. The van der Waals surface area contributed by atoms with Crippen LogP contribution in [-0.4, -0.2) is 20.4 Å². The molecule has 13 heavy (non-hydrogen) atoms. The van der Waals surface area contributed by atoms with E-state index in [1.165, 1.54) is 0 Å². The van der Waals surface area contributed by atoms with Crippen LogP contribution in [0.25, 0.3) is 11.0 Å². The maximum absolute atomic E-state index is 8.95. The van der Waals surface area contributed by atoms with Crippen molar-refractivity contribution in [2.75, 3.05) is 0 Å². The zero-order valence-corrected chi connectivity index (χ0v) is 7.98. The minimum absolute atomic E-state index is 0.361. The summed E-state index contributed by atoms with van der Waals surface area (Å²) in [5.74, 6) is 0. The molecule has 0 unspecified atom stereocenters. The Kier molecular flexibility index (Phi) is 3.61. The molecule has 0 saturated heterocycles. The lowest BCUT2D eigenvalue weighted by Gasteiger charge is -1.85. The van der Waals surface area contributed by atoms with Crippen LogP contribution in [0.15, 0.2) is 24.3 Å². The highest BCUT2D eigenvalue weighted by molar-refractivity contribution is 7.57. The topological polar surface area (TPSA) is 68.0 Å². The average molecular weight is 218 g/mol. The van der Waals surface area contributed by atoms with Crippen molar-refractivity contribution in [1.29, 1.82) is 0 Å². The lowest BCUT2D eigenvalue weighted by Crippen LogP contribution is -1.90. The van der Waals surface area contributed by atoms with Gasteiger partial charge in [0.05, 0.1) is 0 Å². The maximum Gasteiger partial charge on any atom is 0.267 e. The Balaban J connectivity index is 0.000000251. The van der Waals surface area contributed by atoms with E-state index in [0.29, 0.717) is 11.0 Å². The van der Waals surface area contributed by atoms with Gasteiger partial charge in [0.25, 0.3) is 7.81 Å². The van der Waals surface area contributed by atoms with Crippen molar-refractivity contribution < 1.29 is 9.77 Å². The van der Waals surface area contributed by atoms with E-state index in [-0.39, 0.29) is 7.81 Å². The first kappa shape index (κ1) is 9.89. The van der Waals surface area contributed by atoms with Gasteiger partial charge < -0.3 is 5.21 Å². The highest BCUT2D eigenvalue weighted by atomic mass is 35.7. The molecule has 0 bridgehead atoms. The van der Waals surface area contributed by atoms with E-state index >= 15 is 0 Å². The largest absolute Gasteiger partial charge is 0.410 e. The molecular formula is C6H5ClN3O2P. The Bertz CT molecular complexity index is 405. The van der Waals surface area contributed by atoms with Gasteiger partial charge in [-0.1, -0.05) is 17.0 Å². The molecular weight excluding hydrogens is 213 g/mol. The van der Waals surface area contributed by atoms with Crippen LogP contribution in [0.5, 0.6) is 0 Å². The summed E-state index contributed by atoms with van der Waals surface area (Å²) < 4.78 is 8.67. The summed E-state index contributed by atoms with van der Waals surface area (Å²) in [6.45, 7) is 0. The lowest BCUT2D eigenvalue weighted by molar-refractivity contribution is 0.155. The minimum Gasteiger partial charge on any atom is -0.410 e. The molecule has 2 rings (SSSR count). The summed E-state index contributed by atoms with van der Waals surface area (Å²) in [5.41, 5.74) is 1.33. The number of aromatic nitrogens is 3. The molecule has 5 nitrogen and oxygen atoms in total. The van der Waals surface area contributed by atoms with E-state index in [2.05, 4.69) is 21.6 Å². The van der Waals surface area contributed by atoms with Crippen LogP contribution in [0.1, 0.15) is 0 Å². The van der Waals surface area contributed by atoms with E-state index < -0.39 is 0 Å². The van der Waals surface area contributed by atoms with Gasteiger partial charge in [0.15, 0.2) is 0 Å². The van der Waals surface area contributed by atoms with Crippen molar-refractivity contribution in [2.24, 2.45) is 0 Å². The number of nitrogens with zero attached hydrogens (tertiary/aromatic N) is 3. The normalized spacial score (nSPS) is 9.62. The van der Waals surface area contributed by atoms with Gasteiger partial charge in [0.2, 0.25) is 0 Å². The Morgan fingerprint density at radius 1 is 1.46 bits per heavy atom. The Hall–Kier alpha value is -1.19. The predicted molar refractivity (Wildman–Crippen MR) is 48.2 cm³/mol. The van der Waals surface area contributed by atoms with E-state index in [9.17, 15) is 0 Å². The molecule has 0 radical (unpaired) electrons. The molecule has 0 aliphatic heterocycles. The maximum atomic E-state index is 8.95. The van der Waals surface area contributed by atoms with Crippen molar-refractivity contribution in [3.8, 4) is 0 Å². The number of hydrogen-bond acceptors (Lipinski definition) is 4. The van der Waals surface area contributed by atoms with E-state index in [1.807, 2.05) is 12.1 Å². The van der Waals surface area contributed by atoms with Gasteiger partial charge in [-0.3, -0.25) is 4.57 Å². The molecule has 0 aliphatic rings.